The summed E-state index contributed by atoms with van der Waals surface area (Å²) in [5, 5.41) is 0. The highest BCUT2D eigenvalue weighted by Crippen LogP contribution is 2.49. The minimum Gasteiger partial charge on any atom is -0.477 e. The summed E-state index contributed by atoms with van der Waals surface area (Å²) < 4.78 is 6.03. The fourth-order valence-electron chi connectivity index (χ4n) is 4.54. The molecule has 0 bridgehead atoms. The Kier molecular flexibility index (Phi) is 4.29. The Balaban J connectivity index is 1.70. The van der Waals surface area contributed by atoms with Crippen LogP contribution in [0.3, 0.4) is 0 Å². The van der Waals surface area contributed by atoms with E-state index in [9.17, 15) is 0 Å². The molecule has 146 valence electrons. The standard InChI is InChI=1S/C26H26N2O/c1-25(2)19-29-24(27-25)23-18-28(23)26(20-12-6-3-7-13-20,21-14-8-4-9-15-21)22-16-10-5-11-17-22/h3-17,23H,18-19H2,1-2H3/t23-,28?/m0/s1. The van der Waals surface area contributed by atoms with Gasteiger partial charge in [0.25, 0.3) is 0 Å². The van der Waals surface area contributed by atoms with Crippen molar-refractivity contribution in [2.24, 2.45) is 4.99 Å². The SMILES string of the molecule is CC1(C)COC([C@@H]2CN2C(c2ccccc2)(c2ccccc2)c2ccccc2)=N1. The molecule has 2 aliphatic rings. The van der Waals surface area contributed by atoms with Gasteiger partial charge in [-0.15, -0.1) is 0 Å². The third-order valence-electron chi connectivity index (χ3n) is 5.89. The highest BCUT2D eigenvalue weighted by atomic mass is 16.5. The van der Waals surface area contributed by atoms with E-state index in [1.807, 2.05) is 0 Å². The van der Waals surface area contributed by atoms with E-state index in [1.165, 1.54) is 16.7 Å². The molecule has 0 aromatic heterocycles. The number of nitrogens with zero attached hydrogens (tertiary/aromatic N) is 2. The van der Waals surface area contributed by atoms with Crippen molar-refractivity contribution in [3.63, 3.8) is 0 Å². The summed E-state index contributed by atoms with van der Waals surface area (Å²) in [7, 11) is 0. The van der Waals surface area contributed by atoms with Crippen LogP contribution in [0.4, 0.5) is 0 Å². The van der Waals surface area contributed by atoms with Gasteiger partial charge in [0.15, 0.2) is 0 Å². The van der Waals surface area contributed by atoms with Crippen molar-refractivity contribution in [2.75, 3.05) is 13.2 Å². The number of ether oxygens (including phenoxy) is 1. The molecule has 5 rings (SSSR count). The molecule has 3 aromatic rings. The topological polar surface area (TPSA) is 24.6 Å². The lowest BCUT2D eigenvalue weighted by molar-refractivity contribution is 0.264. The third-order valence-corrected chi connectivity index (χ3v) is 5.89. The van der Waals surface area contributed by atoms with Crippen molar-refractivity contribution < 1.29 is 4.74 Å². The molecule has 0 spiro atoms. The lowest BCUT2D eigenvalue weighted by Crippen LogP contribution is -2.40. The van der Waals surface area contributed by atoms with Gasteiger partial charge < -0.3 is 4.74 Å². The average molecular weight is 383 g/mol. The predicted molar refractivity (Wildman–Crippen MR) is 117 cm³/mol. The number of aliphatic imine (C=N–C) groups is 1. The Bertz CT molecular complexity index is 916. The predicted octanol–water partition coefficient (Wildman–Crippen LogP) is 4.87. The second-order valence-corrected chi connectivity index (χ2v) is 8.53. The van der Waals surface area contributed by atoms with Crippen LogP contribution in [-0.4, -0.2) is 35.5 Å². The first-order valence-corrected chi connectivity index (χ1v) is 10.3. The van der Waals surface area contributed by atoms with Gasteiger partial charge in [-0.05, 0) is 30.5 Å². The Labute approximate surface area is 172 Å². The van der Waals surface area contributed by atoms with E-state index in [-0.39, 0.29) is 17.1 Å². The second kappa shape index (κ2) is 6.85. The fraction of sp³-hybridized carbons (Fsp3) is 0.269. The van der Waals surface area contributed by atoms with E-state index < -0.39 is 0 Å². The highest BCUT2D eigenvalue weighted by Gasteiger charge is 2.56. The van der Waals surface area contributed by atoms with Crippen molar-refractivity contribution in [1.82, 2.24) is 4.90 Å². The lowest BCUT2D eigenvalue weighted by Gasteiger charge is -2.38. The maximum atomic E-state index is 6.03. The third kappa shape index (κ3) is 3.06. The fourth-order valence-corrected chi connectivity index (χ4v) is 4.54. The molecule has 0 amide bonds. The van der Waals surface area contributed by atoms with Gasteiger partial charge in [-0.3, -0.25) is 4.90 Å². The molecule has 3 heteroatoms. The summed E-state index contributed by atoms with van der Waals surface area (Å²) in [5.41, 5.74) is 3.26. The molecule has 0 aliphatic carbocycles. The van der Waals surface area contributed by atoms with Crippen LogP contribution in [-0.2, 0) is 10.3 Å². The van der Waals surface area contributed by atoms with Crippen LogP contribution in [0.2, 0.25) is 0 Å². The summed E-state index contributed by atoms with van der Waals surface area (Å²) in [4.78, 5) is 7.40. The zero-order chi connectivity index (χ0) is 19.9. The van der Waals surface area contributed by atoms with Crippen LogP contribution in [0, 0.1) is 0 Å². The molecular formula is C26H26N2O. The van der Waals surface area contributed by atoms with Crippen LogP contribution in [0.5, 0.6) is 0 Å². The second-order valence-electron chi connectivity index (χ2n) is 8.53. The van der Waals surface area contributed by atoms with Crippen molar-refractivity contribution in [1.29, 1.82) is 0 Å². The molecule has 3 aromatic carbocycles. The number of hydrogen-bond donors (Lipinski definition) is 0. The Morgan fingerprint density at radius 3 is 1.62 bits per heavy atom. The van der Waals surface area contributed by atoms with Gasteiger partial charge >= 0.3 is 0 Å². The van der Waals surface area contributed by atoms with Crippen molar-refractivity contribution in [2.45, 2.75) is 31.0 Å². The molecule has 1 unspecified atom stereocenters. The van der Waals surface area contributed by atoms with Crippen LogP contribution in [0.25, 0.3) is 0 Å². The average Bonchev–Trinajstić information content (AvgIpc) is 3.47. The Morgan fingerprint density at radius 1 is 0.793 bits per heavy atom. The van der Waals surface area contributed by atoms with Gasteiger partial charge in [0.05, 0.1) is 11.1 Å². The van der Waals surface area contributed by atoms with Gasteiger partial charge in [0, 0.05) is 6.54 Å². The first-order chi connectivity index (χ1) is 14.1. The zero-order valence-electron chi connectivity index (χ0n) is 17.0. The molecule has 2 heterocycles. The smallest absolute Gasteiger partial charge is 0.203 e. The lowest BCUT2D eigenvalue weighted by atomic mass is 9.76. The normalized spacial score (nSPS) is 22.6. The van der Waals surface area contributed by atoms with E-state index in [4.69, 9.17) is 9.73 Å². The van der Waals surface area contributed by atoms with Gasteiger partial charge in [-0.2, -0.15) is 0 Å². The van der Waals surface area contributed by atoms with E-state index in [0.29, 0.717) is 6.61 Å². The molecule has 1 fully saturated rings. The monoisotopic (exact) mass is 382 g/mol. The number of rotatable bonds is 5. The molecule has 3 nitrogen and oxygen atoms in total. The Hall–Kier alpha value is -2.91. The number of benzene rings is 3. The van der Waals surface area contributed by atoms with Crippen LogP contribution in [0.15, 0.2) is 96.0 Å². The van der Waals surface area contributed by atoms with Gasteiger partial charge in [0.1, 0.15) is 12.6 Å². The summed E-state index contributed by atoms with van der Waals surface area (Å²) in [6.45, 7) is 5.84. The molecule has 2 atom stereocenters. The first kappa shape index (κ1) is 18.1. The Morgan fingerprint density at radius 2 is 1.24 bits per heavy atom. The van der Waals surface area contributed by atoms with Crippen LogP contribution in [0.1, 0.15) is 30.5 Å². The van der Waals surface area contributed by atoms with Crippen LogP contribution < -0.4 is 0 Å². The van der Waals surface area contributed by atoms with Gasteiger partial charge in [-0.1, -0.05) is 91.0 Å². The summed E-state index contributed by atoms with van der Waals surface area (Å²) >= 11 is 0. The highest BCUT2D eigenvalue weighted by molar-refractivity contribution is 5.87. The van der Waals surface area contributed by atoms with Crippen LogP contribution >= 0.6 is 0 Å². The zero-order valence-corrected chi connectivity index (χ0v) is 17.0. The molecule has 0 N–H and O–H groups in total. The summed E-state index contributed by atoms with van der Waals surface area (Å²) in [6.07, 6.45) is 0. The van der Waals surface area contributed by atoms with Crippen molar-refractivity contribution >= 4 is 5.90 Å². The van der Waals surface area contributed by atoms with E-state index in [0.717, 1.165) is 12.4 Å². The van der Waals surface area contributed by atoms with Crippen molar-refractivity contribution in [3.8, 4) is 0 Å². The minimum atomic E-state index is -0.382. The van der Waals surface area contributed by atoms with Gasteiger partial charge in [0.2, 0.25) is 5.90 Å². The summed E-state index contributed by atoms with van der Waals surface area (Å²) in [5.74, 6) is 0.877. The summed E-state index contributed by atoms with van der Waals surface area (Å²) in [6, 6.07) is 32.6. The van der Waals surface area contributed by atoms with E-state index in [2.05, 4.69) is 110 Å². The molecular weight excluding hydrogens is 356 g/mol. The molecule has 29 heavy (non-hydrogen) atoms. The largest absolute Gasteiger partial charge is 0.477 e. The quantitative estimate of drug-likeness (QED) is 0.464. The maximum Gasteiger partial charge on any atom is 0.203 e. The number of hydrogen-bond acceptors (Lipinski definition) is 3. The molecule has 0 radical (unpaired) electrons. The van der Waals surface area contributed by atoms with Gasteiger partial charge in [-0.25, -0.2) is 4.99 Å². The maximum absolute atomic E-state index is 6.03. The minimum absolute atomic E-state index is 0.140. The van der Waals surface area contributed by atoms with Crippen molar-refractivity contribution in [3.05, 3.63) is 108 Å². The molecule has 1 saturated heterocycles. The first-order valence-electron chi connectivity index (χ1n) is 10.3. The van der Waals surface area contributed by atoms with E-state index >= 15 is 0 Å². The molecule has 0 saturated carbocycles. The van der Waals surface area contributed by atoms with E-state index in [1.54, 1.807) is 0 Å². The molecule has 2 aliphatic heterocycles.